The zero-order valence-corrected chi connectivity index (χ0v) is 18.6. The van der Waals surface area contributed by atoms with Crippen molar-refractivity contribution < 1.29 is 17.9 Å². The second kappa shape index (κ2) is 9.06. The normalized spacial score (nSPS) is 15.4. The van der Waals surface area contributed by atoms with E-state index in [-0.39, 0.29) is 17.0 Å². The lowest BCUT2D eigenvalue weighted by Crippen LogP contribution is -2.44. The maximum atomic E-state index is 12.2. The highest BCUT2D eigenvalue weighted by Crippen LogP contribution is 2.20. The van der Waals surface area contributed by atoms with Gasteiger partial charge in [-0.25, -0.2) is 23.3 Å². The Morgan fingerprint density at radius 1 is 1.16 bits per heavy atom. The number of rotatable bonds is 5. The summed E-state index contributed by atoms with van der Waals surface area (Å²) in [7, 11) is -3.74. The average Bonchev–Trinajstić information content (AvgIpc) is 2.67. The summed E-state index contributed by atoms with van der Waals surface area (Å²) in [5.74, 6) is 1.04. The molecule has 3 rings (SSSR count). The Hall–Kier alpha value is -2.92. The number of piperidine rings is 1. The van der Waals surface area contributed by atoms with Crippen molar-refractivity contribution in [1.82, 2.24) is 14.9 Å². The number of primary sulfonamides is 1. The lowest BCUT2D eigenvalue weighted by molar-refractivity contribution is 0.0210. The molecule has 11 heteroatoms. The van der Waals surface area contributed by atoms with Gasteiger partial charge in [0, 0.05) is 31.0 Å². The van der Waals surface area contributed by atoms with Crippen LogP contribution in [0.2, 0.25) is 0 Å². The molecule has 0 bridgehead atoms. The summed E-state index contributed by atoms with van der Waals surface area (Å²) < 4.78 is 28.1. The van der Waals surface area contributed by atoms with Gasteiger partial charge in [0.2, 0.25) is 16.0 Å². The minimum atomic E-state index is -3.74. The fraction of sp³-hybridized carbons (Fsp3) is 0.450. The van der Waals surface area contributed by atoms with Crippen LogP contribution < -0.4 is 15.8 Å². The van der Waals surface area contributed by atoms with E-state index in [9.17, 15) is 13.2 Å². The standard InChI is InChI=1S/C20H28N6O4S/c1-20(2,3)30-19(27)26-12-9-15(10-13-26)23-17-8-11-22-18(25-17)24-14-4-6-16(7-5-14)31(21,28)29/h4-8,11,15H,9-10,12-13H2,1-3H3,(H2,21,28,29)(H2,22,23,24,25). The largest absolute Gasteiger partial charge is 0.444 e. The summed E-state index contributed by atoms with van der Waals surface area (Å²) in [5.41, 5.74) is 0.130. The molecule has 1 aromatic heterocycles. The first kappa shape index (κ1) is 22.8. The maximum absolute atomic E-state index is 12.2. The molecule has 10 nitrogen and oxygen atoms in total. The molecule has 4 N–H and O–H groups in total. The number of amides is 1. The molecule has 0 atom stereocenters. The molecule has 1 aromatic carbocycles. The van der Waals surface area contributed by atoms with Crippen LogP contribution in [0.4, 0.5) is 22.2 Å². The van der Waals surface area contributed by atoms with Crippen LogP contribution in [0.5, 0.6) is 0 Å². The average molecular weight is 449 g/mol. The number of carbonyl (C=O) groups excluding carboxylic acids is 1. The highest BCUT2D eigenvalue weighted by Gasteiger charge is 2.27. The van der Waals surface area contributed by atoms with E-state index in [1.165, 1.54) is 12.1 Å². The fourth-order valence-electron chi connectivity index (χ4n) is 3.10. The van der Waals surface area contributed by atoms with Crippen molar-refractivity contribution in [2.24, 2.45) is 5.14 Å². The molecule has 2 aromatic rings. The number of hydrogen-bond donors (Lipinski definition) is 3. The van der Waals surface area contributed by atoms with Gasteiger partial charge < -0.3 is 20.3 Å². The number of carbonyl (C=O) groups is 1. The Morgan fingerprint density at radius 2 is 1.81 bits per heavy atom. The van der Waals surface area contributed by atoms with Crippen LogP contribution in [-0.4, -0.2) is 54.1 Å². The Bertz CT molecular complexity index is 1010. The van der Waals surface area contributed by atoms with Crippen molar-refractivity contribution in [3.63, 3.8) is 0 Å². The van der Waals surface area contributed by atoms with Gasteiger partial charge in [0.15, 0.2) is 0 Å². The van der Waals surface area contributed by atoms with E-state index in [2.05, 4.69) is 20.6 Å². The van der Waals surface area contributed by atoms with Gasteiger partial charge in [-0.05, 0) is 63.9 Å². The van der Waals surface area contributed by atoms with Gasteiger partial charge in [-0.1, -0.05) is 0 Å². The first-order valence-electron chi connectivity index (χ1n) is 9.97. The predicted octanol–water partition coefficient (Wildman–Crippen LogP) is 2.68. The summed E-state index contributed by atoms with van der Waals surface area (Å²) in [5, 5.41) is 11.5. The lowest BCUT2D eigenvalue weighted by Gasteiger charge is -2.33. The topological polar surface area (TPSA) is 140 Å². The zero-order chi connectivity index (χ0) is 22.6. The molecule has 0 unspecified atom stereocenters. The van der Waals surface area contributed by atoms with Gasteiger partial charge >= 0.3 is 6.09 Å². The van der Waals surface area contributed by atoms with Gasteiger partial charge in [-0.2, -0.15) is 4.98 Å². The highest BCUT2D eigenvalue weighted by molar-refractivity contribution is 7.89. The number of aromatic nitrogens is 2. The van der Waals surface area contributed by atoms with Crippen molar-refractivity contribution in [2.45, 2.75) is 50.2 Å². The Morgan fingerprint density at radius 3 is 2.39 bits per heavy atom. The van der Waals surface area contributed by atoms with Crippen molar-refractivity contribution in [3.8, 4) is 0 Å². The molecule has 2 heterocycles. The highest BCUT2D eigenvalue weighted by atomic mass is 32.2. The molecule has 1 saturated heterocycles. The first-order chi connectivity index (χ1) is 14.5. The van der Waals surface area contributed by atoms with Crippen LogP contribution >= 0.6 is 0 Å². The number of nitrogens with two attached hydrogens (primary N) is 1. The van der Waals surface area contributed by atoms with Gasteiger partial charge in [0.05, 0.1) is 4.90 Å². The molecule has 1 aliphatic heterocycles. The zero-order valence-electron chi connectivity index (χ0n) is 17.8. The van der Waals surface area contributed by atoms with Crippen LogP contribution in [0.1, 0.15) is 33.6 Å². The molecule has 0 radical (unpaired) electrons. The molecule has 31 heavy (non-hydrogen) atoms. The smallest absolute Gasteiger partial charge is 0.410 e. The summed E-state index contributed by atoms with van der Waals surface area (Å²) >= 11 is 0. The maximum Gasteiger partial charge on any atom is 0.410 e. The van der Waals surface area contributed by atoms with Gasteiger partial charge in [-0.3, -0.25) is 0 Å². The van der Waals surface area contributed by atoms with E-state index in [0.717, 1.165) is 12.8 Å². The second-order valence-corrected chi connectivity index (χ2v) is 9.91. The van der Waals surface area contributed by atoms with E-state index < -0.39 is 15.6 Å². The molecule has 168 valence electrons. The van der Waals surface area contributed by atoms with Crippen molar-refractivity contribution in [2.75, 3.05) is 23.7 Å². The number of hydrogen-bond acceptors (Lipinski definition) is 8. The molecule has 1 amide bonds. The Labute approximate surface area is 182 Å². The number of sulfonamides is 1. The molecule has 0 spiro atoms. The van der Waals surface area contributed by atoms with Crippen molar-refractivity contribution in [1.29, 1.82) is 0 Å². The van der Waals surface area contributed by atoms with E-state index in [4.69, 9.17) is 9.88 Å². The second-order valence-electron chi connectivity index (χ2n) is 8.35. The summed E-state index contributed by atoms with van der Waals surface area (Å²) in [4.78, 5) is 22.6. The summed E-state index contributed by atoms with van der Waals surface area (Å²) in [6.45, 7) is 6.79. The van der Waals surface area contributed by atoms with Crippen LogP contribution in [0, 0.1) is 0 Å². The number of nitrogens with one attached hydrogen (secondary N) is 2. The van der Waals surface area contributed by atoms with Crippen LogP contribution in [-0.2, 0) is 14.8 Å². The monoisotopic (exact) mass is 448 g/mol. The first-order valence-corrected chi connectivity index (χ1v) is 11.5. The van der Waals surface area contributed by atoms with Crippen LogP contribution in [0.25, 0.3) is 0 Å². The third-order valence-electron chi connectivity index (χ3n) is 4.59. The Kier molecular flexibility index (Phi) is 6.65. The molecule has 1 aliphatic rings. The summed E-state index contributed by atoms with van der Waals surface area (Å²) in [6.07, 6.45) is 2.90. The quantitative estimate of drug-likeness (QED) is 0.634. The SMILES string of the molecule is CC(C)(C)OC(=O)N1CCC(Nc2ccnc(Nc3ccc(S(N)(=O)=O)cc3)n2)CC1. The summed E-state index contributed by atoms with van der Waals surface area (Å²) in [6, 6.07) is 7.97. The number of benzene rings is 1. The number of likely N-dealkylation sites (tertiary alicyclic amines) is 1. The lowest BCUT2D eigenvalue weighted by atomic mass is 10.1. The van der Waals surface area contributed by atoms with E-state index >= 15 is 0 Å². The third kappa shape index (κ3) is 6.79. The van der Waals surface area contributed by atoms with Crippen LogP contribution in [0.3, 0.4) is 0 Å². The number of anilines is 3. The molecular formula is C20H28N6O4S. The van der Waals surface area contributed by atoms with Gasteiger partial charge in [0.1, 0.15) is 11.4 Å². The molecular weight excluding hydrogens is 420 g/mol. The van der Waals surface area contributed by atoms with E-state index in [1.54, 1.807) is 29.3 Å². The van der Waals surface area contributed by atoms with Crippen molar-refractivity contribution >= 4 is 33.6 Å². The Balaban J connectivity index is 1.55. The number of ether oxygens (including phenoxy) is 1. The van der Waals surface area contributed by atoms with Crippen molar-refractivity contribution in [3.05, 3.63) is 36.5 Å². The van der Waals surface area contributed by atoms with Crippen LogP contribution in [0.15, 0.2) is 41.4 Å². The fourth-order valence-corrected chi connectivity index (χ4v) is 3.61. The molecule has 0 aliphatic carbocycles. The van der Waals surface area contributed by atoms with E-state index in [1.807, 2.05) is 20.8 Å². The third-order valence-corrected chi connectivity index (χ3v) is 5.52. The predicted molar refractivity (Wildman–Crippen MR) is 118 cm³/mol. The molecule has 1 fully saturated rings. The minimum Gasteiger partial charge on any atom is -0.444 e. The van der Waals surface area contributed by atoms with E-state index in [0.29, 0.717) is 30.5 Å². The number of nitrogens with zero attached hydrogens (tertiary/aromatic N) is 3. The van der Waals surface area contributed by atoms with Gasteiger partial charge in [-0.15, -0.1) is 0 Å². The minimum absolute atomic E-state index is 0.0344. The van der Waals surface area contributed by atoms with Gasteiger partial charge in [0.25, 0.3) is 0 Å². The molecule has 0 saturated carbocycles.